The number of aryl methyl sites for hydroxylation is 2. The van der Waals surface area contributed by atoms with E-state index in [-0.39, 0.29) is 0 Å². The van der Waals surface area contributed by atoms with Gasteiger partial charge in [0, 0.05) is 10.9 Å². The summed E-state index contributed by atoms with van der Waals surface area (Å²) < 4.78 is 6.21. The van der Waals surface area contributed by atoms with E-state index in [4.69, 9.17) is 4.74 Å². The van der Waals surface area contributed by atoms with Gasteiger partial charge in [-0.05, 0) is 53.0 Å². The second kappa shape index (κ2) is 4.55. The minimum atomic E-state index is 0.912. The molecule has 0 aliphatic heterocycles. The summed E-state index contributed by atoms with van der Waals surface area (Å²) in [6, 6.07) is 4.17. The van der Waals surface area contributed by atoms with Gasteiger partial charge < -0.3 is 4.74 Å². The lowest BCUT2D eigenvalue weighted by atomic mass is 10.0. The van der Waals surface area contributed by atoms with Gasteiger partial charge in [0.2, 0.25) is 0 Å². The number of nitrogens with zero attached hydrogens (tertiary/aromatic N) is 1. The highest BCUT2D eigenvalue weighted by Crippen LogP contribution is 2.31. The van der Waals surface area contributed by atoms with Crippen LogP contribution in [0.5, 0.6) is 5.75 Å². The summed E-state index contributed by atoms with van der Waals surface area (Å²) >= 11 is 4.98. The molecule has 0 unspecified atom stereocenters. The zero-order chi connectivity index (χ0) is 11.7. The van der Waals surface area contributed by atoms with Crippen molar-refractivity contribution in [2.45, 2.75) is 13.8 Å². The summed E-state index contributed by atoms with van der Waals surface area (Å²) in [6.45, 7) is 4.12. The monoisotopic (exact) mass is 297 g/mol. The van der Waals surface area contributed by atoms with E-state index >= 15 is 0 Å². The second-order valence-corrected chi connectivity index (χ2v) is 5.76. The van der Waals surface area contributed by atoms with Crippen molar-refractivity contribution in [3.05, 3.63) is 32.6 Å². The van der Waals surface area contributed by atoms with Gasteiger partial charge in [-0.3, -0.25) is 0 Å². The molecule has 2 nitrogen and oxygen atoms in total. The van der Waals surface area contributed by atoms with Gasteiger partial charge in [0.15, 0.2) is 3.92 Å². The van der Waals surface area contributed by atoms with E-state index < -0.39 is 0 Å². The molecule has 0 fully saturated rings. The van der Waals surface area contributed by atoms with Crippen molar-refractivity contribution in [2.24, 2.45) is 0 Å². The third-order valence-electron chi connectivity index (χ3n) is 2.49. The second-order valence-electron chi connectivity index (χ2n) is 3.62. The molecular weight excluding hydrogens is 286 g/mol. The van der Waals surface area contributed by atoms with Gasteiger partial charge in [-0.1, -0.05) is 0 Å². The Morgan fingerprint density at radius 3 is 2.56 bits per heavy atom. The maximum atomic E-state index is 5.29. The Morgan fingerprint density at radius 1 is 1.25 bits per heavy atom. The number of aromatic nitrogens is 1. The molecule has 0 saturated heterocycles. The van der Waals surface area contributed by atoms with E-state index in [0.29, 0.717) is 0 Å². The number of halogens is 1. The number of ether oxygens (including phenoxy) is 1. The van der Waals surface area contributed by atoms with Crippen molar-refractivity contribution in [3.8, 4) is 17.0 Å². The summed E-state index contributed by atoms with van der Waals surface area (Å²) in [5, 5.41) is 2.05. The minimum Gasteiger partial charge on any atom is -0.496 e. The topological polar surface area (TPSA) is 22.1 Å². The van der Waals surface area contributed by atoms with Crippen LogP contribution in [0.4, 0.5) is 0 Å². The van der Waals surface area contributed by atoms with Crippen LogP contribution in [-0.2, 0) is 0 Å². The predicted octanol–water partition coefficient (Wildman–Crippen LogP) is 4.20. The van der Waals surface area contributed by atoms with Crippen molar-refractivity contribution in [1.29, 1.82) is 0 Å². The first-order valence-electron chi connectivity index (χ1n) is 4.88. The van der Waals surface area contributed by atoms with Crippen LogP contribution in [0, 0.1) is 13.8 Å². The van der Waals surface area contributed by atoms with E-state index in [9.17, 15) is 0 Å². The Labute approximate surface area is 107 Å². The van der Waals surface area contributed by atoms with Crippen LogP contribution in [0.25, 0.3) is 11.3 Å². The first kappa shape index (κ1) is 11.6. The Balaban J connectivity index is 2.54. The molecule has 84 valence electrons. The quantitative estimate of drug-likeness (QED) is 0.829. The van der Waals surface area contributed by atoms with Gasteiger partial charge in [0.1, 0.15) is 5.75 Å². The summed E-state index contributed by atoms with van der Waals surface area (Å²) in [6.07, 6.45) is 0. The van der Waals surface area contributed by atoms with Gasteiger partial charge >= 0.3 is 0 Å². The normalized spacial score (nSPS) is 10.5. The van der Waals surface area contributed by atoms with E-state index in [1.165, 1.54) is 11.1 Å². The molecule has 0 saturated carbocycles. The van der Waals surface area contributed by atoms with Gasteiger partial charge in [0.25, 0.3) is 0 Å². The fourth-order valence-electron chi connectivity index (χ4n) is 1.66. The molecule has 1 aromatic carbocycles. The van der Waals surface area contributed by atoms with Crippen LogP contribution < -0.4 is 4.74 Å². The maximum Gasteiger partial charge on any atom is 0.159 e. The summed E-state index contributed by atoms with van der Waals surface area (Å²) in [5.74, 6) is 0.926. The highest BCUT2D eigenvalue weighted by molar-refractivity contribution is 9.11. The largest absolute Gasteiger partial charge is 0.496 e. The van der Waals surface area contributed by atoms with Gasteiger partial charge in [-0.25, -0.2) is 4.98 Å². The van der Waals surface area contributed by atoms with Crippen molar-refractivity contribution in [3.63, 3.8) is 0 Å². The fourth-order valence-corrected chi connectivity index (χ4v) is 2.67. The molecule has 0 atom stereocenters. The molecule has 0 aliphatic rings. The smallest absolute Gasteiger partial charge is 0.159 e. The first-order valence-corrected chi connectivity index (χ1v) is 6.55. The average Bonchev–Trinajstić information content (AvgIpc) is 2.67. The number of thiazole rings is 1. The van der Waals surface area contributed by atoms with E-state index in [2.05, 4.69) is 45.4 Å². The Kier molecular flexibility index (Phi) is 3.30. The number of hydrogen-bond acceptors (Lipinski definition) is 3. The van der Waals surface area contributed by atoms with Crippen LogP contribution >= 0.6 is 27.3 Å². The third-order valence-corrected chi connectivity index (χ3v) is 3.86. The molecule has 0 bridgehead atoms. The van der Waals surface area contributed by atoms with Gasteiger partial charge in [0.05, 0.1) is 12.8 Å². The van der Waals surface area contributed by atoms with Crippen molar-refractivity contribution >= 4 is 27.3 Å². The first-order chi connectivity index (χ1) is 7.61. The fraction of sp³-hybridized carbons (Fsp3) is 0.250. The summed E-state index contributed by atoms with van der Waals surface area (Å²) in [4.78, 5) is 4.43. The van der Waals surface area contributed by atoms with Gasteiger partial charge in [-0.2, -0.15) is 0 Å². The van der Waals surface area contributed by atoms with Crippen LogP contribution in [0.1, 0.15) is 11.1 Å². The number of rotatable bonds is 2. The van der Waals surface area contributed by atoms with E-state index in [1.54, 1.807) is 18.4 Å². The standard InChI is InChI=1S/C12H12BrNOS/c1-7-5-11(15-3)8(2)4-9(7)10-6-16-12(13)14-10/h4-6H,1-3H3. The lowest BCUT2D eigenvalue weighted by Gasteiger charge is -2.09. The molecule has 1 aromatic heterocycles. The minimum absolute atomic E-state index is 0.912. The molecule has 4 heteroatoms. The molecule has 0 spiro atoms. The number of methoxy groups -OCH3 is 1. The Hall–Kier alpha value is -0.870. The lowest BCUT2D eigenvalue weighted by Crippen LogP contribution is -1.91. The van der Waals surface area contributed by atoms with E-state index in [0.717, 1.165) is 20.9 Å². The molecule has 2 rings (SSSR count). The number of hydrogen-bond donors (Lipinski definition) is 0. The average molecular weight is 298 g/mol. The molecule has 16 heavy (non-hydrogen) atoms. The van der Waals surface area contributed by atoms with Crippen LogP contribution in [0.3, 0.4) is 0 Å². The van der Waals surface area contributed by atoms with E-state index in [1.807, 2.05) is 6.92 Å². The highest BCUT2D eigenvalue weighted by atomic mass is 79.9. The maximum absolute atomic E-state index is 5.29. The molecule has 0 amide bonds. The van der Waals surface area contributed by atoms with Crippen LogP contribution in [0.15, 0.2) is 21.4 Å². The van der Waals surface area contributed by atoms with Crippen LogP contribution in [0.2, 0.25) is 0 Å². The highest BCUT2D eigenvalue weighted by Gasteiger charge is 2.09. The third kappa shape index (κ3) is 2.13. The number of benzene rings is 1. The Bertz CT molecular complexity index is 522. The molecule has 2 aromatic rings. The van der Waals surface area contributed by atoms with Crippen molar-refractivity contribution in [2.75, 3.05) is 7.11 Å². The van der Waals surface area contributed by atoms with Gasteiger partial charge in [-0.15, -0.1) is 11.3 Å². The zero-order valence-electron chi connectivity index (χ0n) is 9.37. The van der Waals surface area contributed by atoms with Crippen molar-refractivity contribution in [1.82, 2.24) is 4.98 Å². The zero-order valence-corrected chi connectivity index (χ0v) is 11.8. The summed E-state index contributed by atoms with van der Waals surface area (Å²) in [7, 11) is 1.70. The Morgan fingerprint density at radius 2 is 2.00 bits per heavy atom. The SMILES string of the molecule is COc1cc(C)c(-c2csc(Br)n2)cc1C. The molecular formula is C12H12BrNOS. The molecule has 0 radical (unpaired) electrons. The molecule has 0 aliphatic carbocycles. The van der Waals surface area contributed by atoms with Crippen LogP contribution in [-0.4, -0.2) is 12.1 Å². The van der Waals surface area contributed by atoms with Crippen molar-refractivity contribution < 1.29 is 4.74 Å². The predicted molar refractivity (Wildman–Crippen MR) is 71.3 cm³/mol. The molecule has 1 heterocycles. The molecule has 0 N–H and O–H groups in total. The lowest BCUT2D eigenvalue weighted by molar-refractivity contribution is 0.411. The summed E-state index contributed by atoms with van der Waals surface area (Å²) in [5.41, 5.74) is 4.49.